The maximum absolute atomic E-state index is 9.23. The maximum atomic E-state index is 9.23. The number of hydrogen-bond acceptors (Lipinski definition) is 1. The predicted octanol–water partition coefficient (Wildman–Crippen LogP) is 1.26. The Bertz CT molecular complexity index is 29.0. The first-order valence-electron chi connectivity index (χ1n) is 0.412. The number of halogens is 2. The summed E-state index contributed by atoms with van der Waals surface area (Å²) in [5, 5.41) is 0. The molecule has 0 unspecified atom stereocenters. The van der Waals surface area contributed by atoms with Crippen LogP contribution in [0.15, 0.2) is 0 Å². The van der Waals surface area contributed by atoms with Crippen LogP contribution in [0.3, 0.4) is 0 Å². The van der Waals surface area contributed by atoms with Gasteiger partial charge in [0.25, 0.3) is 0 Å². The van der Waals surface area contributed by atoms with Gasteiger partial charge < -0.3 is 0 Å². The van der Waals surface area contributed by atoms with Crippen LogP contribution < -0.4 is 0 Å². The van der Waals surface area contributed by atoms with Gasteiger partial charge in [0.1, 0.15) is 0 Å². The molecule has 0 heterocycles. The Morgan fingerprint density at radius 3 is 1.50 bits per heavy atom. The van der Waals surface area contributed by atoms with Crippen LogP contribution in [0.4, 0.5) is 0 Å². The Morgan fingerprint density at radius 2 is 1.50 bits per heavy atom. The second kappa shape index (κ2) is 2.27. The van der Waals surface area contributed by atoms with E-state index < -0.39 is 14.2 Å². The molecule has 0 amide bonds. The molecular formula is Cl2OOs. The molecule has 0 aliphatic rings. The molecule has 0 aromatic heterocycles. The van der Waals surface area contributed by atoms with Crippen molar-refractivity contribution in [2.45, 2.75) is 0 Å². The standard InChI is InChI=1S/2ClH.O.Os/h2*1H;;/q;;;+2/p-2. The van der Waals surface area contributed by atoms with E-state index in [2.05, 4.69) is 19.3 Å². The van der Waals surface area contributed by atoms with Crippen molar-refractivity contribution in [2.75, 3.05) is 0 Å². The van der Waals surface area contributed by atoms with Crippen LogP contribution in [-0.2, 0) is 17.7 Å². The quantitative estimate of drug-likeness (QED) is 0.651. The SMILES string of the molecule is [O]=[Os]([Cl])[Cl]. The second-order valence-corrected chi connectivity index (χ2v) is 6.40. The Kier molecular flexibility index (Phi) is 2.84. The van der Waals surface area contributed by atoms with Crippen LogP contribution in [0.2, 0.25) is 0 Å². The topological polar surface area (TPSA) is 17.1 Å². The van der Waals surface area contributed by atoms with Crippen LogP contribution in [0, 0.1) is 0 Å². The third-order valence-electron chi connectivity index (χ3n) is 0. The van der Waals surface area contributed by atoms with Crippen molar-refractivity contribution in [3.63, 3.8) is 0 Å². The molecular weight excluding hydrogens is 277 g/mol. The normalized spacial score (nSPS) is 11.0. The van der Waals surface area contributed by atoms with Gasteiger partial charge >= 0.3 is 37.0 Å². The molecule has 0 spiro atoms. The first-order valence-corrected chi connectivity index (χ1v) is 7.74. The van der Waals surface area contributed by atoms with Gasteiger partial charge in [-0.15, -0.1) is 0 Å². The van der Waals surface area contributed by atoms with Crippen LogP contribution >= 0.6 is 19.3 Å². The molecule has 0 aliphatic carbocycles. The third kappa shape index (κ3) is 11.9. The van der Waals surface area contributed by atoms with Gasteiger partial charge in [0.05, 0.1) is 0 Å². The van der Waals surface area contributed by atoms with Crippen LogP contribution in [-0.4, -0.2) is 0 Å². The van der Waals surface area contributed by atoms with E-state index in [1.54, 1.807) is 0 Å². The fraction of sp³-hybridized carbons (Fsp3) is 0. The van der Waals surface area contributed by atoms with E-state index in [1.165, 1.54) is 0 Å². The second-order valence-electron chi connectivity index (χ2n) is 0.160. The van der Waals surface area contributed by atoms with E-state index in [-0.39, 0.29) is 0 Å². The Labute approximate surface area is 37.2 Å². The summed E-state index contributed by atoms with van der Waals surface area (Å²) in [5.41, 5.74) is 0. The predicted molar refractivity (Wildman–Crippen MR) is 12.4 cm³/mol. The summed E-state index contributed by atoms with van der Waals surface area (Å²) in [6.45, 7) is 0. The zero-order chi connectivity index (χ0) is 3.58. The van der Waals surface area contributed by atoms with Gasteiger partial charge in [-0.25, -0.2) is 0 Å². The molecule has 0 radical (unpaired) electrons. The Morgan fingerprint density at radius 1 is 1.50 bits per heavy atom. The molecule has 0 bridgehead atoms. The van der Waals surface area contributed by atoms with Gasteiger partial charge in [-0.05, 0) is 0 Å². The summed E-state index contributed by atoms with van der Waals surface area (Å²) in [5.74, 6) is 0. The Balaban J connectivity index is 2.80. The first kappa shape index (κ1) is 5.02. The van der Waals surface area contributed by atoms with Crippen molar-refractivity contribution >= 4 is 19.3 Å². The van der Waals surface area contributed by atoms with Gasteiger partial charge in [0, 0.05) is 0 Å². The van der Waals surface area contributed by atoms with Gasteiger partial charge in [-0.1, -0.05) is 0 Å². The average molecular weight is 277 g/mol. The fourth-order valence-electron chi connectivity index (χ4n) is 0. The van der Waals surface area contributed by atoms with Crippen molar-refractivity contribution in [3.05, 3.63) is 0 Å². The molecule has 0 aromatic rings. The summed E-state index contributed by atoms with van der Waals surface area (Å²) >= 11 is -2.70. The molecule has 0 saturated heterocycles. The van der Waals surface area contributed by atoms with Gasteiger partial charge in [-0.3, -0.25) is 0 Å². The minimum atomic E-state index is -2.70. The van der Waals surface area contributed by atoms with Crippen molar-refractivity contribution in [1.82, 2.24) is 0 Å². The molecule has 0 saturated carbocycles. The molecule has 28 valence electrons. The molecule has 0 atom stereocenters. The van der Waals surface area contributed by atoms with Gasteiger partial charge in [0.15, 0.2) is 0 Å². The van der Waals surface area contributed by atoms with Crippen LogP contribution in [0.25, 0.3) is 0 Å². The van der Waals surface area contributed by atoms with Crippen molar-refractivity contribution < 1.29 is 17.7 Å². The molecule has 0 fully saturated rings. The molecule has 0 rings (SSSR count). The molecule has 0 aliphatic heterocycles. The zero-order valence-electron chi connectivity index (χ0n) is 1.52. The van der Waals surface area contributed by atoms with E-state index in [1.807, 2.05) is 0 Å². The van der Waals surface area contributed by atoms with E-state index in [0.717, 1.165) is 0 Å². The average Bonchev–Trinajstić information content (AvgIpc) is 0.811. The first-order chi connectivity index (χ1) is 1.73. The van der Waals surface area contributed by atoms with Gasteiger partial charge in [0.2, 0.25) is 0 Å². The Hall–Kier alpha value is 1.02. The van der Waals surface area contributed by atoms with Crippen molar-refractivity contribution in [3.8, 4) is 0 Å². The third-order valence-corrected chi connectivity index (χ3v) is 0. The summed E-state index contributed by atoms with van der Waals surface area (Å²) in [6.07, 6.45) is 0. The molecule has 1 nitrogen and oxygen atoms in total. The number of hydrogen-bond donors (Lipinski definition) is 0. The van der Waals surface area contributed by atoms with E-state index in [4.69, 9.17) is 0 Å². The summed E-state index contributed by atoms with van der Waals surface area (Å²) in [4.78, 5) is 0. The van der Waals surface area contributed by atoms with Gasteiger partial charge in [-0.2, -0.15) is 0 Å². The summed E-state index contributed by atoms with van der Waals surface area (Å²) in [7, 11) is 9.32. The molecule has 4 heteroatoms. The van der Waals surface area contributed by atoms with Crippen molar-refractivity contribution in [2.24, 2.45) is 0 Å². The molecule has 4 heavy (non-hydrogen) atoms. The fourth-order valence-corrected chi connectivity index (χ4v) is 0. The molecule has 0 N–H and O–H groups in total. The summed E-state index contributed by atoms with van der Waals surface area (Å²) < 4.78 is 9.23. The van der Waals surface area contributed by atoms with Crippen molar-refractivity contribution in [1.29, 1.82) is 0 Å². The van der Waals surface area contributed by atoms with Crippen LogP contribution in [0.1, 0.15) is 0 Å². The molecule has 0 aromatic carbocycles. The monoisotopic (exact) mass is 278 g/mol. The summed E-state index contributed by atoms with van der Waals surface area (Å²) in [6, 6.07) is 0. The van der Waals surface area contributed by atoms with E-state index in [9.17, 15) is 3.54 Å². The van der Waals surface area contributed by atoms with Crippen LogP contribution in [0.5, 0.6) is 0 Å². The van der Waals surface area contributed by atoms with E-state index >= 15 is 0 Å². The minimum absolute atomic E-state index is 2.70. The number of rotatable bonds is 0. The van der Waals surface area contributed by atoms with E-state index in [0.29, 0.717) is 0 Å². The zero-order valence-corrected chi connectivity index (χ0v) is 5.57.